The van der Waals surface area contributed by atoms with Crippen molar-refractivity contribution in [3.8, 4) is 0 Å². The van der Waals surface area contributed by atoms with E-state index in [4.69, 9.17) is 24.1 Å². The summed E-state index contributed by atoms with van der Waals surface area (Å²) >= 11 is 0. The molecule has 0 aliphatic rings. The van der Waals surface area contributed by atoms with Gasteiger partial charge in [0.2, 0.25) is 0 Å². The number of nitrogens with two attached hydrogens (primary N) is 1. The zero-order chi connectivity index (χ0) is 19.4. The van der Waals surface area contributed by atoms with Crippen LogP contribution in [-0.2, 0) is 27.7 Å². The Morgan fingerprint density at radius 2 is 1.26 bits per heavy atom. The minimum absolute atomic E-state index is 0. The molecule has 3 N–H and O–H groups in total. The predicted octanol–water partition coefficient (Wildman–Crippen LogP) is -14.0. The predicted molar refractivity (Wildman–Crippen MR) is 74.5 cm³/mol. The standard InChI is InChI=1S/C6H17NO3Si.C6H8O7.3Na/c1-8-11(9-2,10-3)6-4-5-7;7-3(8)1-6(13,5(11)12)2-4(9)10;;;/h4-7H2,1-3H3;13H,1-2H2,(H,7,8)(H,9,10)(H,11,12);;;/q;;3*+1/p-3. The number of rotatable bonds is 11. The molecule has 0 amide bonds. The molecule has 0 aromatic heterocycles. The van der Waals surface area contributed by atoms with Crippen molar-refractivity contribution in [1.29, 1.82) is 0 Å². The van der Waals surface area contributed by atoms with Crippen molar-refractivity contribution in [3.63, 3.8) is 0 Å². The van der Waals surface area contributed by atoms with E-state index in [1.807, 2.05) is 0 Å². The van der Waals surface area contributed by atoms with E-state index in [1.54, 1.807) is 21.3 Å². The third-order valence-corrected chi connectivity index (χ3v) is 5.71. The first kappa shape index (κ1) is 39.0. The minimum atomic E-state index is -2.97. The Balaban J connectivity index is -0.000000109. The van der Waals surface area contributed by atoms with Gasteiger partial charge in [0.05, 0.1) is 5.97 Å². The van der Waals surface area contributed by atoms with Crippen molar-refractivity contribution in [2.24, 2.45) is 5.73 Å². The molecule has 11 nitrogen and oxygen atoms in total. The second kappa shape index (κ2) is 20.7. The van der Waals surface area contributed by atoms with Gasteiger partial charge in [0.25, 0.3) is 0 Å². The van der Waals surface area contributed by atoms with Crippen LogP contribution in [0, 0.1) is 0 Å². The minimum Gasteiger partial charge on any atom is -0.550 e. The SMILES string of the molecule is CO[Si](CCCN)(OC)OC.O=C([O-])CC(O)(CC(=O)[O-])C(=O)[O-].[Na+].[Na+].[Na+]. The molecule has 15 heteroatoms. The molecule has 0 aromatic carbocycles. The zero-order valence-electron chi connectivity index (χ0n) is 16.7. The Morgan fingerprint density at radius 3 is 1.44 bits per heavy atom. The van der Waals surface area contributed by atoms with Crippen molar-refractivity contribution in [1.82, 2.24) is 0 Å². The molecule has 0 atom stereocenters. The van der Waals surface area contributed by atoms with Crippen LogP contribution in [-0.4, -0.2) is 65.3 Å². The molecule has 0 aliphatic carbocycles. The summed E-state index contributed by atoms with van der Waals surface area (Å²) in [6, 6.07) is 0.785. The summed E-state index contributed by atoms with van der Waals surface area (Å²) in [6.07, 6.45) is -1.84. The number of aliphatic hydroxyl groups is 1. The van der Waals surface area contributed by atoms with Gasteiger partial charge < -0.3 is 53.8 Å². The second-order valence-corrected chi connectivity index (χ2v) is 7.69. The molecule has 0 aromatic rings. The summed E-state index contributed by atoms with van der Waals surface area (Å²) in [4.78, 5) is 30.0. The molecule has 0 bridgehead atoms. The fraction of sp³-hybridized carbons (Fsp3) is 0.750. The van der Waals surface area contributed by atoms with Gasteiger partial charge in [-0.1, -0.05) is 0 Å². The van der Waals surface area contributed by atoms with Gasteiger partial charge in [-0.15, -0.1) is 0 Å². The monoisotopic (exact) mass is 437 g/mol. The average Bonchev–Trinajstić information content (AvgIpc) is 2.48. The Labute approximate surface area is 225 Å². The average molecular weight is 437 g/mol. The Bertz CT molecular complexity index is 402. The summed E-state index contributed by atoms with van der Waals surface area (Å²) in [7, 11) is 2.50. The third kappa shape index (κ3) is 18.0. The van der Waals surface area contributed by atoms with E-state index in [2.05, 4.69) is 0 Å². The number of carboxylic acid groups (broad SMARTS) is 3. The van der Waals surface area contributed by atoms with E-state index in [0.29, 0.717) is 6.54 Å². The van der Waals surface area contributed by atoms with E-state index in [-0.39, 0.29) is 88.7 Å². The van der Waals surface area contributed by atoms with Crippen molar-refractivity contribution < 1.29 is 137 Å². The van der Waals surface area contributed by atoms with Gasteiger partial charge in [-0.25, -0.2) is 0 Å². The van der Waals surface area contributed by atoms with Gasteiger partial charge in [-0.05, 0) is 13.0 Å². The summed E-state index contributed by atoms with van der Waals surface area (Å²) < 4.78 is 15.5. The fourth-order valence-corrected chi connectivity index (χ4v) is 3.31. The van der Waals surface area contributed by atoms with Crippen molar-refractivity contribution in [2.75, 3.05) is 27.9 Å². The molecule has 0 rings (SSSR count). The van der Waals surface area contributed by atoms with Crippen molar-refractivity contribution >= 4 is 26.7 Å². The van der Waals surface area contributed by atoms with Gasteiger partial charge in [-0.2, -0.15) is 0 Å². The van der Waals surface area contributed by atoms with Crippen LogP contribution in [0.5, 0.6) is 0 Å². The maximum atomic E-state index is 10.1. The van der Waals surface area contributed by atoms with E-state index in [9.17, 15) is 29.7 Å². The summed E-state index contributed by atoms with van der Waals surface area (Å²) in [5.74, 6) is -5.98. The molecule has 142 valence electrons. The van der Waals surface area contributed by atoms with Crippen LogP contribution in [0.15, 0.2) is 0 Å². The molecule has 0 saturated heterocycles. The van der Waals surface area contributed by atoms with Gasteiger partial charge in [-0.3, -0.25) is 0 Å². The van der Waals surface area contributed by atoms with Crippen LogP contribution in [0.25, 0.3) is 0 Å². The van der Waals surface area contributed by atoms with Crippen LogP contribution < -0.4 is 110 Å². The van der Waals surface area contributed by atoms with Gasteiger partial charge in [0.1, 0.15) is 5.60 Å². The molecule has 27 heavy (non-hydrogen) atoms. The molecular weight excluding hydrogens is 415 g/mol. The van der Waals surface area contributed by atoms with Gasteiger partial charge in [0.15, 0.2) is 0 Å². The molecule has 0 aliphatic heterocycles. The van der Waals surface area contributed by atoms with Crippen LogP contribution in [0.4, 0.5) is 0 Å². The first-order valence-corrected chi connectivity index (χ1v) is 8.64. The molecule has 0 spiro atoms. The first-order valence-electron chi connectivity index (χ1n) is 6.71. The van der Waals surface area contributed by atoms with E-state index in [0.717, 1.165) is 12.5 Å². The largest absolute Gasteiger partial charge is 1.00 e. The van der Waals surface area contributed by atoms with E-state index < -0.39 is 45.2 Å². The number of carbonyl (C=O) groups excluding carboxylic acids is 3. The third-order valence-electron chi connectivity index (χ3n) is 2.87. The van der Waals surface area contributed by atoms with E-state index >= 15 is 0 Å². The molecule has 0 radical (unpaired) electrons. The Morgan fingerprint density at radius 1 is 0.926 bits per heavy atom. The Hall–Kier alpha value is 1.43. The van der Waals surface area contributed by atoms with Crippen LogP contribution in [0.1, 0.15) is 19.3 Å². The van der Waals surface area contributed by atoms with Crippen molar-refractivity contribution in [3.05, 3.63) is 0 Å². The fourth-order valence-electron chi connectivity index (χ4n) is 1.56. The molecule has 0 fully saturated rings. The normalized spacial score (nSPS) is 10.1. The maximum absolute atomic E-state index is 10.1. The molecule has 0 heterocycles. The number of hydrogen-bond donors (Lipinski definition) is 2. The number of hydrogen-bond acceptors (Lipinski definition) is 11. The van der Waals surface area contributed by atoms with Crippen LogP contribution in [0.3, 0.4) is 0 Å². The molecule has 0 unspecified atom stereocenters. The van der Waals surface area contributed by atoms with E-state index in [1.165, 1.54) is 0 Å². The number of carboxylic acids is 3. The summed E-state index contributed by atoms with van der Waals surface area (Å²) in [5, 5.41) is 38.9. The number of carbonyl (C=O) groups is 3. The number of aliphatic carboxylic acids is 3. The second-order valence-electron chi connectivity index (χ2n) is 4.60. The van der Waals surface area contributed by atoms with Gasteiger partial charge >= 0.3 is 97.5 Å². The maximum Gasteiger partial charge on any atom is 1.00 e. The quantitative estimate of drug-likeness (QED) is 0.291. The van der Waals surface area contributed by atoms with Crippen molar-refractivity contribution in [2.45, 2.75) is 30.9 Å². The van der Waals surface area contributed by atoms with Crippen LogP contribution in [0.2, 0.25) is 6.04 Å². The topological polar surface area (TPSA) is 194 Å². The first-order chi connectivity index (χ1) is 11.0. The smallest absolute Gasteiger partial charge is 0.550 e. The summed E-state index contributed by atoms with van der Waals surface area (Å²) in [5.41, 5.74) is 2.38. The van der Waals surface area contributed by atoms with Crippen LogP contribution >= 0.6 is 0 Å². The molecular formula is C12H22NNa3O10Si. The molecule has 0 saturated carbocycles. The van der Waals surface area contributed by atoms with Gasteiger partial charge in [0, 0.05) is 52.2 Å². The zero-order valence-corrected chi connectivity index (χ0v) is 23.7. The summed E-state index contributed by atoms with van der Waals surface area (Å²) in [6.45, 7) is 0.644. The Kier molecular flexibility index (Phi) is 29.9.